The van der Waals surface area contributed by atoms with Gasteiger partial charge < -0.3 is 15.8 Å². The van der Waals surface area contributed by atoms with Gasteiger partial charge in [0.2, 0.25) is 0 Å². The minimum atomic E-state index is -0.553. The lowest BCUT2D eigenvalue weighted by Crippen LogP contribution is -2.62. The number of nitrogens with two attached hydrogens (primary N) is 1. The highest BCUT2D eigenvalue weighted by Crippen LogP contribution is 2.54. The molecule has 0 aromatic carbocycles. The topological polar surface area (TPSA) is 90.1 Å². The Labute approximate surface area is 130 Å². The second kappa shape index (κ2) is 6.20. The summed E-state index contributed by atoms with van der Waals surface area (Å²) in [7, 11) is 0. The van der Waals surface area contributed by atoms with Crippen molar-refractivity contribution < 1.29 is 9.53 Å². The molecule has 6 heteroatoms. The van der Waals surface area contributed by atoms with Gasteiger partial charge in [0, 0.05) is 18.1 Å². The number of carbonyl (C=O) groups is 1. The molecule has 3 N–H and O–H groups in total. The second-order valence-electron chi connectivity index (χ2n) is 6.34. The van der Waals surface area contributed by atoms with E-state index in [1.54, 1.807) is 12.1 Å². The first-order chi connectivity index (χ1) is 10.7. The lowest BCUT2D eigenvalue weighted by atomic mass is 9.55. The first kappa shape index (κ1) is 15.2. The molecule has 6 nitrogen and oxygen atoms in total. The van der Waals surface area contributed by atoms with Crippen LogP contribution in [0.3, 0.4) is 0 Å². The highest BCUT2D eigenvalue weighted by Gasteiger charge is 2.55. The number of nitrogens with zero attached hydrogens (tertiary/aromatic N) is 2. The van der Waals surface area contributed by atoms with Crippen LogP contribution in [0.1, 0.15) is 55.9 Å². The van der Waals surface area contributed by atoms with Crippen LogP contribution in [-0.4, -0.2) is 34.9 Å². The van der Waals surface area contributed by atoms with E-state index in [4.69, 9.17) is 10.5 Å². The van der Waals surface area contributed by atoms with Gasteiger partial charge in [-0.25, -0.2) is 0 Å². The minimum absolute atomic E-state index is 0.193. The predicted molar refractivity (Wildman–Crippen MR) is 83.5 cm³/mol. The zero-order valence-electron chi connectivity index (χ0n) is 13.0. The molecule has 1 aromatic rings. The number of hydrogen-bond donors (Lipinski definition) is 2. The van der Waals surface area contributed by atoms with Gasteiger partial charge in [-0.05, 0) is 38.3 Å². The SMILES string of the molecule is CCOC1CC(Nc2ccc(C(N)=O)nn2)C12CCCCC2. The van der Waals surface area contributed by atoms with E-state index in [-0.39, 0.29) is 11.1 Å². The van der Waals surface area contributed by atoms with Crippen molar-refractivity contribution in [2.45, 2.75) is 57.6 Å². The Balaban J connectivity index is 1.70. The van der Waals surface area contributed by atoms with Crippen LogP contribution in [0.15, 0.2) is 12.1 Å². The molecule has 2 atom stereocenters. The zero-order chi connectivity index (χ0) is 15.6. The maximum atomic E-state index is 11.0. The fourth-order valence-corrected chi connectivity index (χ4v) is 3.98. The first-order valence-corrected chi connectivity index (χ1v) is 8.17. The van der Waals surface area contributed by atoms with Crippen LogP contribution in [-0.2, 0) is 4.74 Å². The molecule has 2 aliphatic carbocycles. The first-order valence-electron chi connectivity index (χ1n) is 8.17. The molecule has 0 saturated heterocycles. The summed E-state index contributed by atoms with van der Waals surface area (Å²) in [5.41, 5.74) is 5.62. The number of amides is 1. The van der Waals surface area contributed by atoms with E-state index in [1.165, 1.54) is 32.1 Å². The molecule has 2 aliphatic rings. The van der Waals surface area contributed by atoms with Gasteiger partial charge >= 0.3 is 0 Å². The summed E-state index contributed by atoms with van der Waals surface area (Å²) in [5.74, 6) is 0.151. The standard InChI is InChI=1S/C16H24N4O2/c1-2-22-13-10-12(16(13)8-4-3-5-9-16)18-14-7-6-11(15(17)21)19-20-14/h6-7,12-13H,2-5,8-10H2,1H3,(H2,17,21)(H,18,20). The summed E-state index contributed by atoms with van der Waals surface area (Å²) in [6.07, 6.45) is 7.65. The molecule has 1 aromatic heterocycles. The summed E-state index contributed by atoms with van der Waals surface area (Å²) in [6.45, 7) is 2.83. The largest absolute Gasteiger partial charge is 0.378 e. The third kappa shape index (κ3) is 2.67. The molecule has 0 bridgehead atoms. The van der Waals surface area contributed by atoms with Crippen molar-refractivity contribution in [3.63, 3.8) is 0 Å². The number of rotatable bonds is 5. The number of primary amides is 1. The molecule has 0 radical (unpaired) electrons. The molecule has 1 amide bonds. The van der Waals surface area contributed by atoms with Gasteiger partial charge in [-0.2, -0.15) is 0 Å². The maximum absolute atomic E-state index is 11.0. The van der Waals surface area contributed by atoms with E-state index in [1.807, 2.05) is 0 Å². The predicted octanol–water partition coefficient (Wildman–Crippen LogP) is 2.12. The minimum Gasteiger partial charge on any atom is -0.378 e. The number of hydrogen-bond acceptors (Lipinski definition) is 5. The van der Waals surface area contributed by atoms with Crippen LogP contribution in [0, 0.1) is 5.41 Å². The van der Waals surface area contributed by atoms with Gasteiger partial charge in [0.1, 0.15) is 5.82 Å². The molecule has 120 valence electrons. The fourth-order valence-electron chi connectivity index (χ4n) is 3.98. The average Bonchev–Trinajstić information content (AvgIpc) is 2.55. The molecule has 22 heavy (non-hydrogen) atoms. The molecule has 1 spiro atoms. The summed E-state index contributed by atoms with van der Waals surface area (Å²) in [6, 6.07) is 3.76. The van der Waals surface area contributed by atoms with Gasteiger partial charge in [-0.1, -0.05) is 19.3 Å². The van der Waals surface area contributed by atoms with E-state index in [2.05, 4.69) is 22.4 Å². The molecular formula is C16H24N4O2. The Bertz CT molecular complexity index is 525. The van der Waals surface area contributed by atoms with Crippen molar-refractivity contribution in [2.75, 3.05) is 11.9 Å². The summed E-state index contributed by atoms with van der Waals surface area (Å²) >= 11 is 0. The van der Waals surface area contributed by atoms with Gasteiger partial charge in [0.05, 0.1) is 6.10 Å². The van der Waals surface area contributed by atoms with Crippen molar-refractivity contribution in [3.05, 3.63) is 17.8 Å². The number of ether oxygens (including phenoxy) is 1. The summed E-state index contributed by atoms with van der Waals surface area (Å²) in [4.78, 5) is 11.0. The van der Waals surface area contributed by atoms with E-state index >= 15 is 0 Å². The van der Waals surface area contributed by atoms with Crippen LogP contribution in [0.25, 0.3) is 0 Å². The number of carbonyl (C=O) groups excluding carboxylic acids is 1. The highest BCUT2D eigenvalue weighted by molar-refractivity contribution is 5.90. The highest BCUT2D eigenvalue weighted by atomic mass is 16.5. The monoisotopic (exact) mass is 304 g/mol. The Morgan fingerprint density at radius 1 is 1.36 bits per heavy atom. The van der Waals surface area contributed by atoms with Crippen molar-refractivity contribution in [1.82, 2.24) is 10.2 Å². The third-order valence-electron chi connectivity index (χ3n) is 5.18. The van der Waals surface area contributed by atoms with Crippen molar-refractivity contribution in [2.24, 2.45) is 11.1 Å². The van der Waals surface area contributed by atoms with Crippen LogP contribution >= 0.6 is 0 Å². The Morgan fingerprint density at radius 2 is 2.14 bits per heavy atom. The van der Waals surface area contributed by atoms with E-state index in [0.717, 1.165) is 13.0 Å². The summed E-state index contributed by atoms with van der Waals surface area (Å²) in [5, 5.41) is 11.4. The smallest absolute Gasteiger partial charge is 0.269 e. The summed E-state index contributed by atoms with van der Waals surface area (Å²) < 4.78 is 5.95. The molecule has 0 aliphatic heterocycles. The molecule has 3 rings (SSSR count). The normalized spacial score (nSPS) is 26.4. The number of aromatic nitrogens is 2. The van der Waals surface area contributed by atoms with Gasteiger partial charge in [-0.3, -0.25) is 4.79 Å². The lowest BCUT2D eigenvalue weighted by Gasteiger charge is -2.57. The van der Waals surface area contributed by atoms with Crippen LogP contribution in [0.2, 0.25) is 0 Å². The quantitative estimate of drug-likeness (QED) is 0.869. The third-order valence-corrected chi connectivity index (χ3v) is 5.18. The van der Waals surface area contributed by atoms with Gasteiger partial charge in [-0.15, -0.1) is 10.2 Å². The molecule has 2 unspecified atom stereocenters. The van der Waals surface area contributed by atoms with E-state index in [9.17, 15) is 4.79 Å². The van der Waals surface area contributed by atoms with Crippen LogP contribution in [0.4, 0.5) is 5.82 Å². The average molecular weight is 304 g/mol. The Kier molecular flexibility index (Phi) is 4.29. The lowest BCUT2D eigenvalue weighted by molar-refractivity contribution is -0.134. The second-order valence-corrected chi connectivity index (χ2v) is 6.34. The Morgan fingerprint density at radius 3 is 2.73 bits per heavy atom. The molecule has 2 fully saturated rings. The van der Waals surface area contributed by atoms with E-state index in [0.29, 0.717) is 18.0 Å². The van der Waals surface area contributed by atoms with E-state index < -0.39 is 5.91 Å². The van der Waals surface area contributed by atoms with Gasteiger partial charge in [0.25, 0.3) is 5.91 Å². The molecular weight excluding hydrogens is 280 g/mol. The molecule has 1 heterocycles. The fraction of sp³-hybridized carbons (Fsp3) is 0.688. The van der Waals surface area contributed by atoms with Crippen LogP contribution in [0.5, 0.6) is 0 Å². The Hall–Kier alpha value is -1.69. The maximum Gasteiger partial charge on any atom is 0.269 e. The van der Waals surface area contributed by atoms with Crippen molar-refractivity contribution in [3.8, 4) is 0 Å². The number of nitrogens with one attached hydrogen (secondary N) is 1. The van der Waals surface area contributed by atoms with Crippen LogP contribution < -0.4 is 11.1 Å². The van der Waals surface area contributed by atoms with Gasteiger partial charge in [0.15, 0.2) is 5.69 Å². The number of anilines is 1. The molecule has 2 saturated carbocycles. The zero-order valence-corrected chi connectivity index (χ0v) is 13.0. The van der Waals surface area contributed by atoms with Crippen molar-refractivity contribution >= 4 is 11.7 Å². The van der Waals surface area contributed by atoms with Crippen molar-refractivity contribution in [1.29, 1.82) is 0 Å².